The van der Waals surface area contributed by atoms with Gasteiger partial charge >= 0.3 is 0 Å². The summed E-state index contributed by atoms with van der Waals surface area (Å²) in [4.78, 5) is 43.2. The van der Waals surface area contributed by atoms with Crippen LogP contribution in [0.2, 0.25) is 0 Å². The van der Waals surface area contributed by atoms with Crippen LogP contribution in [0.3, 0.4) is 0 Å². The molecule has 0 aliphatic rings. The first-order valence-electron chi connectivity index (χ1n) is 10.6. The van der Waals surface area contributed by atoms with Crippen molar-refractivity contribution in [2.45, 2.75) is 47.0 Å². The minimum absolute atomic E-state index is 0.00574. The van der Waals surface area contributed by atoms with Gasteiger partial charge in [-0.05, 0) is 49.9 Å². The van der Waals surface area contributed by atoms with Crippen LogP contribution >= 0.6 is 0 Å². The first-order valence-corrected chi connectivity index (χ1v) is 10.6. The lowest BCUT2D eigenvalue weighted by Gasteiger charge is -2.24. The predicted octanol–water partition coefficient (Wildman–Crippen LogP) is 3.61. The van der Waals surface area contributed by atoms with Crippen molar-refractivity contribution in [2.24, 2.45) is 5.92 Å². The maximum absolute atomic E-state index is 13.0. The van der Waals surface area contributed by atoms with E-state index in [-0.39, 0.29) is 37.1 Å². The van der Waals surface area contributed by atoms with Crippen LogP contribution in [0.25, 0.3) is 0 Å². The second-order valence-electron chi connectivity index (χ2n) is 8.07. The van der Waals surface area contributed by atoms with Crippen LogP contribution in [0.5, 0.6) is 0 Å². The lowest BCUT2D eigenvalue weighted by atomic mass is 10.1. The molecule has 2 N–H and O–H groups in total. The monoisotopic (exact) mass is 424 g/mol. The molecule has 0 radical (unpaired) electrons. The molecule has 0 bridgehead atoms. The lowest BCUT2D eigenvalue weighted by Crippen LogP contribution is -2.41. The smallest absolute Gasteiger partial charge is 0.240 e. The van der Waals surface area contributed by atoms with E-state index in [9.17, 15) is 14.4 Å². The molecule has 0 unspecified atom stereocenters. The molecule has 0 atom stereocenters. The van der Waals surface area contributed by atoms with Crippen molar-refractivity contribution in [3.05, 3.63) is 53.7 Å². The van der Waals surface area contributed by atoms with Crippen LogP contribution in [-0.4, -0.2) is 35.8 Å². The van der Waals surface area contributed by atoms with E-state index in [1.165, 1.54) is 4.90 Å². The van der Waals surface area contributed by atoms with Gasteiger partial charge in [-0.1, -0.05) is 37.6 Å². The van der Waals surface area contributed by atoms with Crippen molar-refractivity contribution in [2.75, 3.05) is 23.3 Å². The number of hydrogen-bond donors (Lipinski definition) is 2. The minimum Gasteiger partial charge on any atom is -0.355 e. The largest absolute Gasteiger partial charge is 0.355 e. The van der Waals surface area contributed by atoms with E-state index in [0.717, 1.165) is 17.5 Å². The van der Waals surface area contributed by atoms with Gasteiger partial charge in [0, 0.05) is 31.3 Å². The van der Waals surface area contributed by atoms with Crippen LogP contribution in [0.1, 0.15) is 44.2 Å². The molecule has 7 nitrogen and oxygen atoms in total. The molecule has 2 aromatic rings. The van der Waals surface area contributed by atoms with Gasteiger partial charge < -0.3 is 15.5 Å². The summed E-state index contributed by atoms with van der Waals surface area (Å²) in [6.45, 7) is 8.55. The second-order valence-corrected chi connectivity index (χ2v) is 8.07. The number of hydrogen-bond acceptors (Lipinski definition) is 4. The first kappa shape index (κ1) is 24.1. The Hall–Kier alpha value is -3.22. The van der Waals surface area contributed by atoms with Crippen molar-refractivity contribution in [1.29, 1.82) is 0 Å². The summed E-state index contributed by atoms with van der Waals surface area (Å²) in [6.07, 6.45) is 2.45. The van der Waals surface area contributed by atoms with E-state index >= 15 is 0 Å². The average molecular weight is 425 g/mol. The maximum Gasteiger partial charge on any atom is 0.240 e. The molecule has 1 aromatic carbocycles. The normalized spacial score (nSPS) is 10.6. The molecule has 0 saturated heterocycles. The summed E-state index contributed by atoms with van der Waals surface area (Å²) in [5.74, 6) is 0.133. The fourth-order valence-corrected chi connectivity index (χ4v) is 3.11. The number of amides is 3. The Morgan fingerprint density at radius 3 is 2.45 bits per heavy atom. The minimum atomic E-state index is -0.297. The molecule has 0 spiro atoms. The van der Waals surface area contributed by atoms with E-state index in [0.29, 0.717) is 24.0 Å². The highest BCUT2D eigenvalue weighted by atomic mass is 16.2. The van der Waals surface area contributed by atoms with Gasteiger partial charge in [0.1, 0.15) is 12.4 Å². The molecule has 0 fully saturated rings. The Kier molecular flexibility index (Phi) is 9.18. The number of carbonyl (C=O) groups excluding carboxylic acids is 3. The zero-order valence-electron chi connectivity index (χ0n) is 18.8. The Labute approximate surface area is 184 Å². The molecule has 0 aliphatic heterocycles. The SMILES string of the molecule is Cc1ccc(N(CC(=O)NCCC(C)C)C(=O)CCC(=O)Nc2ccccn2)c(C)c1. The number of nitrogens with one attached hydrogen (secondary N) is 2. The molecular formula is C24H32N4O3. The fourth-order valence-electron chi connectivity index (χ4n) is 3.11. The van der Waals surface area contributed by atoms with E-state index in [2.05, 4.69) is 29.5 Å². The number of pyridine rings is 1. The van der Waals surface area contributed by atoms with Crippen molar-refractivity contribution in [1.82, 2.24) is 10.3 Å². The Balaban J connectivity index is 2.05. The van der Waals surface area contributed by atoms with E-state index in [4.69, 9.17) is 0 Å². The van der Waals surface area contributed by atoms with Gasteiger partial charge in [-0.25, -0.2) is 4.98 Å². The van der Waals surface area contributed by atoms with E-state index in [1.54, 1.807) is 24.4 Å². The van der Waals surface area contributed by atoms with Gasteiger partial charge in [-0.3, -0.25) is 14.4 Å². The third-order valence-corrected chi connectivity index (χ3v) is 4.79. The van der Waals surface area contributed by atoms with Gasteiger partial charge in [0.15, 0.2) is 0 Å². The molecular weight excluding hydrogens is 392 g/mol. The van der Waals surface area contributed by atoms with Gasteiger partial charge in [-0.2, -0.15) is 0 Å². The number of benzene rings is 1. The lowest BCUT2D eigenvalue weighted by molar-refractivity contribution is -0.125. The van der Waals surface area contributed by atoms with Crippen molar-refractivity contribution in [3.8, 4) is 0 Å². The summed E-state index contributed by atoms with van der Waals surface area (Å²) in [5.41, 5.74) is 2.66. The van der Waals surface area contributed by atoms with Gasteiger partial charge in [0.25, 0.3) is 0 Å². The number of aryl methyl sites for hydroxylation is 2. The van der Waals surface area contributed by atoms with Crippen LogP contribution in [0, 0.1) is 19.8 Å². The zero-order chi connectivity index (χ0) is 22.8. The van der Waals surface area contributed by atoms with Crippen LogP contribution in [0.15, 0.2) is 42.6 Å². The van der Waals surface area contributed by atoms with Crippen LogP contribution < -0.4 is 15.5 Å². The van der Waals surface area contributed by atoms with Crippen molar-refractivity contribution >= 4 is 29.2 Å². The van der Waals surface area contributed by atoms with Crippen LogP contribution in [-0.2, 0) is 14.4 Å². The highest BCUT2D eigenvalue weighted by Gasteiger charge is 2.21. The summed E-state index contributed by atoms with van der Waals surface area (Å²) >= 11 is 0. The van der Waals surface area contributed by atoms with Gasteiger partial charge in [0.2, 0.25) is 17.7 Å². The Morgan fingerprint density at radius 2 is 1.81 bits per heavy atom. The molecule has 166 valence electrons. The standard InChI is InChI=1S/C24H32N4O3/c1-17(2)12-14-26-23(30)16-28(20-9-8-18(3)15-19(20)4)24(31)11-10-22(29)27-21-7-5-6-13-25-21/h5-9,13,15,17H,10-12,14,16H2,1-4H3,(H,26,30)(H,25,27,29). The Bertz CT molecular complexity index is 897. The average Bonchev–Trinajstić information content (AvgIpc) is 2.71. The molecule has 31 heavy (non-hydrogen) atoms. The quantitative estimate of drug-likeness (QED) is 0.609. The number of aromatic nitrogens is 1. The number of nitrogens with zero attached hydrogens (tertiary/aromatic N) is 2. The molecule has 1 aromatic heterocycles. The first-order chi connectivity index (χ1) is 14.8. The number of carbonyl (C=O) groups is 3. The third kappa shape index (κ3) is 8.20. The van der Waals surface area contributed by atoms with E-state index in [1.807, 2.05) is 32.0 Å². The number of rotatable bonds is 10. The van der Waals surface area contributed by atoms with E-state index < -0.39 is 0 Å². The van der Waals surface area contributed by atoms with Crippen LogP contribution in [0.4, 0.5) is 11.5 Å². The highest BCUT2D eigenvalue weighted by Crippen LogP contribution is 2.22. The summed E-state index contributed by atoms with van der Waals surface area (Å²) in [5, 5.41) is 5.55. The molecule has 2 rings (SSSR count). The molecule has 1 heterocycles. The van der Waals surface area contributed by atoms with Gasteiger partial charge in [-0.15, -0.1) is 0 Å². The summed E-state index contributed by atoms with van der Waals surface area (Å²) < 4.78 is 0. The zero-order valence-corrected chi connectivity index (χ0v) is 18.8. The molecule has 0 aliphatic carbocycles. The topological polar surface area (TPSA) is 91.4 Å². The molecule has 7 heteroatoms. The fraction of sp³-hybridized carbons (Fsp3) is 0.417. The van der Waals surface area contributed by atoms with Crippen molar-refractivity contribution in [3.63, 3.8) is 0 Å². The summed E-state index contributed by atoms with van der Waals surface area (Å²) in [6, 6.07) is 10.9. The molecule has 3 amide bonds. The highest BCUT2D eigenvalue weighted by molar-refractivity contribution is 6.01. The predicted molar refractivity (Wildman–Crippen MR) is 123 cm³/mol. The second kappa shape index (κ2) is 11.8. The summed E-state index contributed by atoms with van der Waals surface area (Å²) in [7, 11) is 0. The van der Waals surface area contributed by atoms with Gasteiger partial charge in [0.05, 0.1) is 0 Å². The Morgan fingerprint density at radius 1 is 1.03 bits per heavy atom. The third-order valence-electron chi connectivity index (χ3n) is 4.79. The van der Waals surface area contributed by atoms with Crippen molar-refractivity contribution < 1.29 is 14.4 Å². The maximum atomic E-state index is 13.0. The number of anilines is 2. The molecule has 0 saturated carbocycles.